The molecule has 0 aliphatic carbocycles. The van der Waals surface area contributed by atoms with Crippen LogP contribution in [0.1, 0.15) is 26.3 Å². The lowest BCUT2D eigenvalue weighted by Gasteiger charge is -2.18. The van der Waals surface area contributed by atoms with Crippen LogP contribution in [-0.2, 0) is 9.53 Å². The standard InChI is InChI=1S/C15H16FN3O2/c1-15(2,3)21-14(20)8-13(19-10-17-9-18-19)11-4-6-12(16)7-5-11/h4-10H,1-3H3. The number of halogens is 1. The van der Waals surface area contributed by atoms with Crippen molar-refractivity contribution in [2.75, 3.05) is 0 Å². The highest BCUT2D eigenvalue weighted by atomic mass is 19.1. The van der Waals surface area contributed by atoms with Crippen molar-refractivity contribution in [2.24, 2.45) is 0 Å². The van der Waals surface area contributed by atoms with E-state index < -0.39 is 11.6 Å². The molecule has 0 bridgehead atoms. The average Bonchev–Trinajstić information content (AvgIpc) is 2.88. The quantitative estimate of drug-likeness (QED) is 0.644. The number of rotatable bonds is 3. The van der Waals surface area contributed by atoms with Gasteiger partial charge in [-0.2, -0.15) is 5.10 Å². The van der Waals surface area contributed by atoms with Gasteiger partial charge in [-0.1, -0.05) is 0 Å². The van der Waals surface area contributed by atoms with Gasteiger partial charge < -0.3 is 4.74 Å². The van der Waals surface area contributed by atoms with E-state index in [9.17, 15) is 9.18 Å². The fourth-order valence-electron chi connectivity index (χ4n) is 1.68. The van der Waals surface area contributed by atoms with Crippen LogP contribution in [0.5, 0.6) is 0 Å². The Bertz CT molecular complexity index is 641. The summed E-state index contributed by atoms with van der Waals surface area (Å²) in [4.78, 5) is 15.8. The van der Waals surface area contributed by atoms with Crippen LogP contribution in [0.3, 0.4) is 0 Å². The molecule has 0 fully saturated rings. The second-order valence-corrected chi connectivity index (χ2v) is 5.41. The maximum Gasteiger partial charge on any atom is 0.333 e. The van der Waals surface area contributed by atoms with Crippen molar-refractivity contribution in [1.82, 2.24) is 14.8 Å². The number of carbonyl (C=O) groups excluding carboxylic acids is 1. The summed E-state index contributed by atoms with van der Waals surface area (Å²) in [5.74, 6) is -0.855. The number of carbonyl (C=O) groups is 1. The van der Waals surface area contributed by atoms with Crippen LogP contribution in [0.25, 0.3) is 5.70 Å². The molecule has 5 nitrogen and oxygen atoms in total. The summed E-state index contributed by atoms with van der Waals surface area (Å²) >= 11 is 0. The van der Waals surface area contributed by atoms with Gasteiger partial charge in [-0.25, -0.2) is 18.9 Å². The maximum atomic E-state index is 13.0. The Morgan fingerprint density at radius 2 is 1.95 bits per heavy atom. The first-order chi connectivity index (χ1) is 9.85. The first kappa shape index (κ1) is 14.9. The van der Waals surface area contributed by atoms with Gasteiger partial charge in [0.15, 0.2) is 0 Å². The predicted molar refractivity (Wildman–Crippen MR) is 75.6 cm³/mol. The van der Waals surface area contributed by atoms with E-state index in [1.807, 2.05) is 0 Å². The van der Waals surface area contributed by atoms with Crippen molar-refractivity contribution >= 4 is 11.7 Å². The van der Waals surface area contributed by atoms with E-state index in [1.165, 1.54) is 35.5 Å². The van der Waals surface area contributed by atoms with E-state index in [4.69, 9.17) is 4.74 Å². The molecule has 110 valence electrons. The molecule has 0 saturated heterocycles. The number of hydrogen-bond donors (Lipinski definition) is 0. The highest BCUT2D eigenvalue weighted by Crippen LogP contribution is 2.17. The normalized spacial score (nSPS) is 12.3. The summed E-state index contributed by atoms with van der Waals surface area (Å²) in [7, 11) is 0. The highest BCUT2D eigenvalue weighted by Gasteiger charge is 2.16. The van der Waals surface area contributed by atoms with Crippen molar-refractivity contribution in [1.29, 1.82) is 0 Å². The smallest absolute Gasteiger partial charge is 0.333 e. The van der Waals surface area contributed by atoms with Gasteiger partial charge in [-0.15, -0.1) is 0 Å². The molecule has 2 aromatic rings. The topological polar surface area (TPSA) is 57.0 Å². The van der Waals surface area contributed by atoms with E-state index in [0.717, 1.165) is 0 Å². The molecule has 1 aromatic heterocycles. The minimum absolute atomic E-state index is 0.353. The molecule has 1 aromatic carbocycles. The summed E-state index contributed by atoms with van der Waals surface area (Å²) in [5, 5.41) is 4.00. The zero-order valence-electron chi connectivity index (χ0n) is 12.1. The van der Waals surface area contributed by atoms with Gasteiger partial charge in [0.1, 0.15) is 24.1 Å². The van der Waals surface area contributed by atoms with Crippen LogP contribution in [0, 0.1) is 5.82 Å². The molecule has 0 spiro atoms. The molecule has 0 saturated carbocycles. The van der Waals surface area contributed by atoms with E-state index in [0.29, 0.717) is 11.3 Å². The molecule has 1 heterocycles. The third-order valence-electron chi connectivity index (χ3n) is 2.47. The minimum Gasteiger partial charge on any atom is -0.457 e. The predicted octanol–water partition coefficient (Wildman–Crippen LogP) is 2.65. The average molecular weight is 289 g/mol. The summed E-state index contributed by atoms with van der Waals surface area (Å²) in [5.41, 5.74) is 0.499. The molecule has 0 aliphatic rings. The summed E-state index contributed by atoms with van der Waals surface area (Å²) in [6.07, 6.45) is 4.12. The zero-order chi connectivity index (χ0) is 15.5. The minimum atomic E-state index is -0.593. The van der Waals surface area contributed by atoms with Crippen LogP contribution in [0.15, 0.2) is 43.0 Å². The van der Waals surface area contributed by atoms with E-state index >= 15 is 0 Å². The van der Waals surface area contributed by atoms with E-state index in [1.54, 1.807) is 32.9 Å². The number of benzene rings is 1. The summed E-state index contributed by atoms with van der Waals surface area (Å²) in [6, 6.07) is 5.75. The van der Waals surface area contributed by atoms with Crippen molar-refractivity contribution in [3.05, 3.63) is 54.4 Å². The number of esters is 1. The van der Waals surface area contributed by atoms with Crippen LogP contribution in [0.4, 0.5) is 4.39 Å². The molecule has 0 aliphatic heterocycles. The largest absolute Gasteiger partial charge is 0.457 e. The number of nitrogens with zero attached hydrogens (tertiary/aromatic N) is 3. The van der Waals surface area contributed by atoms with Crippen molar-refractivity contribution in [3.63, 3.8) is 0 Å². The molecule has 0 N–H and O–H groups in total. The fraction of sp³-hybridized carbons (Fsp3) is 0.267. The van der Waals surface area contributed by atoms with Crippen LogP contribution in [0.2, 0.25) is 0 Å². The Hall–Kier alpha value is -2.50. The van der Waals surface area contributed by atoms with Gasteiger partial charge in [0.2, 0.25) is 0 Å². The second-order valence-electron chi connectivity index (χ2n) is 5.41. The Morgan fingerprint density at radius 3 is 2.48 bits per heavy atom. The molecule has 2 rings (SSSR count). The lowest BCUT2D eigenvalue weighted by molar-refractivity contribution is -0.148. The molecule has 21 heavy (non-hydrogen) atoms. The second kappa shape index (κ2) is 5.87. The van der Waals surface area contributed by atoms with Crippen molar-refractivity contribution in [2.45, 2.75) is 26.4 Å². The summed E-state index contributed by atoms with van der Waals surface area (Å²) in [6.45, 7) is 5.35. The number of hydrogen-bond acceptors (Lipinski definition) is 4. The van der Waals surface area contributed by atoms with E-state index in [2.05, 4.69) is 10.1 Å². The van der Waals surface area contributed by atoms with Gasteiger partial charge in [-0.3, -0.25) is 0 Å². The van der Waals surface area contributed by atoms with Gasteiger partial charge in [0.05, 0.1) is 5.70 Å². The van der Waals surface area contributed by atoms with E-state index in [-0.39, 0.29) is 5.82 Å². The Labute approximate surface area is 122 Å². The molecule has 0 unspecified atom stereocenters. The maximum absolute atomic E-state index is 13.0. The Kier molecular flexibility index (Phi) is 4.16. The van der Waals surface area contributed by atoms with Gasteiger partial charge in [-0.05, 0) is 45.0 Å². The van der Waals surface area contributed by atoms with Gasteiger partial charge in [0.25, 0.3) is 0 Å². The number of ether oxygens (including phenoxy) is 1. The SMILES string of the molecule is CC(C)(C)OC(=O)C=C(c1ccc(F)cc1)n1cncn1. The molecular formula is C15H16FN3O2. The van der Waals surface area contributed by atoms with Gasteiger partial charge in [0, 0.05) is 11.6 Å². The summed E-state index contributed by atoms with van der Waals surface area (Å²) < 4.78 is 19.7. The molecule has 6 heteroatoms. The fourth-order valence-corrected chi connectivity index (χ4v) is 1.68. The molecular weight excluding hydrogens is 273 g/mol. The molecule has 0 radical (unpaired) electrons. The Balaban J connectivity index is 2.38. The van der Waals surface area contributed by atoms with Crippen LogP contribution >= 0.6 is 0 Å². The first-order valence-corrected chi connectivity index (χ1v) is 6.41. The van der Waals surface area contributed by atoms with Crippen LogP contribution < -0.4 is 0 Å². The number of aromatic nitrogens is 3. The lowest BCUT2D eigenvalue weighted by atomic mass is 10.1. The Morgan fingerprint density at radius 1 is 1.29 bits per heavy atom. The monoisotopic (exact) mass is 289 g/mol. The van der Waals surface area contributed by atoms with Crippen molar-refractivity contribution in [3.8, 4) is 0 Å². The third-order valence-corrected chi connectivity index (χ3v) is 2.47. The third kappa shape index (κ3) is 4.24. The molecule has 0 amide bonds. The van der Waals surface area contributed by atoms with Crippen LogP contribution in [-0.4, -0.2) is 26.3 Å². The van der Waals surface area contributed by atoms with Gasteiger partial charge >= 0.3 is 5.97 Å². The molecule has 0 atom stereocenters. The first-order valence-electron chi connectivity index (χ1n) is 6.41. The highest BCUT2D eigenvalue weighted by molar-refractivity contribution is 5.91. The van der Waals surface area contributed by atoms with Crippen molar-refractivity contribution < 1.29 is 13.9 Å². The lowest BCUT2D eigenvalue weighted by Crippen LogP contribution is -2.23. The zero-order valence-corrected chi connectivity index (χ0v) is 12.1.